The Morgan fingerprint density at radius 3 is 2.95 bits per heavy atom. The van der Waals surface area contributed by atoms with Crippen LogP contribution in [0.1, 0.15) is 21.5 Å². The van der Waals surface area contributed by atoms with Crippen LogP contribution in [0.25, 0.3) is 0 Å². The van der Waals surface area contributed by atoms with Crippen molar-refractivity contribution in [3.8, 4) is 17.4 Å². The van der Waals surface area contributed by atoms with Crippen LogP contribution >= 0.6 is 0 Å². The van der Waals surface area contributed by atoms with Gasteiger partial charge in [0, 0.05) is 6.20 Å². The first kappa shape index (κ1) is 13.2. The number of aryl methyl sites for hydroxylation is 1. The molecule has 0 saturated carbocycles. The Morgan fingerprint density at radius 2 is 2.14 bits per heavy atom. The molecule has 0 fully saturated rings. The van der Waals surface area contributed by atoms with Crippen LogP contribution in [0, 0.1) is 6.92 Å². The summed E-state index contributed by atoms with van der Waals surface area (Å²) in [5.41, 5.74) is 1.54. The van der Waals surface area contributed by atoms with E-state index in [1.807, 2.05) is 6.07 Å². The highest BCUT2D eigenvalue weighted by molar-refractivity contribution is 5.91. The molecule has 108 valence electrons. The first-order valence-corrected chi connectivity index (χ1v) is 6.35. The lowest BCUT2D eigenvalue weighted by atomic mass is 10.1. The molecule has 1 N–H and O–H groups in total. The Hall–Kier alpha value is -2.76. The minimum absolute atomic E-state index is 0.0817. The van der Waals surface area contributed by atoms with Crippen molar-refractivity contribution in [1.82, 2.24) is 4.98 Å². The Balaban J connectivity index is 1.79. The zero-order valence-corrected chi connectivity index (χ0v) is 11.3. The number of ether oxygens (including phenoxy) is 3. The number of carbonyl (C=O) groups is 1. The standard InChI is InChI=1S/C15H13NO5/c1-9-4-5-16-14(13(9)15(17)18)19-7-10-2-3-11-12(6-10)21-8-20-11/h2-6H,7-8H2,1H3,(H,17,18). The highest BCUT2D eigenvalue weighted by Gasteiger charge is 2.17. The SMILES string of the molecule is Cc1ccnc(OCc2ccc3c(c2)OCO3)c1C(=O)O. The fraction of sp³-hybridized carbons (Fsp3) is 0.200. The van der Waals surface area contributed by atoms with Crippen LogP contribution in [-0.2, 0) is 6.61 Å². The maximum Gasteiger partial charge on any atom is 0.341 e. The van der Waals surface area contributed by atoms with E-state index in [4.69, 9.17) is 14.2 Å². The molecule has 21 heavy (non-hydrogen) atoms. The number of pyridine rings is 1. The van der Waals surface area contributed by atoms with Crippen LogP contribution in [0.2, 0.25) is 0 Å². The molecule has 0 atom stereocenters. The van der Waals surface area contributed by atoms with E-state index in [2.05, 4.69) is 4.98 Å². The Kier molecular flexibility index (Phi) is 3.35. The van der Waals surface area contributed by atoms with Gasteiger partial charge in [0.2, 0.25) is 12.7 Å². The maximum atomic E-state index is 11.3. The fourth-order valence-corrected chi connectivity index (χ4v) is 2.09. The molecule has 1 aliphatic rings. The average Bonchev–Trinajstić information content (AvgIpc) is 2.92. The van der Waals surface area contributed by atoms with Gasteiger partial charge >= 0.3 is 5.97 Å². The zero-order valence-electron chi connectivity index (χ0n) is 11.3. The second kappa shape index (κ2) is 5.32. The molecule has 6 nitrogen and oxygen atoms in total. The molecule has 0 amide bonds. The Labute approximate surface area is 120 Å². The van der Waals surface area contributed by atoms with Crippen LogP contribution in [0.15, 0.2) is 30.5 Å². The summed E-state index contributed by atoms with van der Waals surface area (Å²) in [6, 6.07) is 7.07. The number of benzene rings is 1. The van der Waals surface area contributed by atoms with Gasteiger partial charge in [-0.3, -0.25) is 0 Å². The van der Waals surface area contributed by atoms with Crippen molar-refractivity contribution < 1.29 is 24.1 Å². The normalized spacial score (nSPS) is 12.2. The van der Waals surface area contributed by atoms with Crippen LogP contribution in [0.3, 0.4) is 0 Å². The predicted molar refractivity (Wildman–Crippen MR) is 72.8 cm³/mol. The third-order valence-corrected chi connectivity index (χ3v) is 3.15. The third-order valence-electron chi connectivity index (χ3n) is 3.15. The van der Waals surface area contributed by atoms with E-state index in [1.54, 1.807) is 25.1 Å². The topological polar surface area (TPSA) is 77.9 Å². The second-order valence-corrected chi connectivity index (χ2v) is 4.59. The number of hydrogen-bond donors (Lipinski definition) is 1. The molecule has 6 heteroatoms. The largest absolute Gasteiger partial charge is 0.477 e. The number of fused-ring (bicyclic) bond motifs is 1. The minimum Gasteiger partial charge on any atom is -0.477 e. The van der Waals surface area contributed by atoms with Gasteiger partial charge in [-0.1, -0.05) is 6.07 Å². The van der Waals surface area contributed by atoms with Crippen LogP contribution < -0.4 is 14.2 Å². The molecule has 2 heterocycles. The van der Waals surface area contributed by atoms with E-state index in [-0.39, 0.29) is 24.8 Å². The number of aromatic carboxylic acids is 1. The van der Waals surface area contributed by atoms with E-state index in [1.165, 1.54) is 6.20 Å². The number of nitrogens with zero attached hydrogens (tertiary/aromatic N) is 1. The number of hydrogen-bond acceptors (Lipinski definition) is 5. The lowest BCUT2D eigenvalue weighted by Crippen LogP contribution is -2.07. The molecule has 0 radical (unpaired) electrons. The van der Waals surface area contributed by atoms with Gasteiger partial charge in [0.15, 0.2) is 11.5 Å². The highest BCUT2D eigenvalue weighted by atomic mass is 16.7. The summed E-state index contributed by atoms with van der Waals surface area (Å²) in [6.45, 7) is 2.12. The van der Waals surface area contributed by atoms with Crippen molar-refractivity contribution in [2.24, 2.45) is 0 Å². The summed E-state index contributed by atoms with van der Waals surface area (Å²) in [5, 5.41) is 9.21. The number of rotatable bonds is 4. The van der Waals surface area contributed by atoms with E-state index in [0.29, 0.717) is 17.1 Å². The smallest absolute Gasteiger partial charge is 0.341 e. The van der Waals surface area contributed by atoms with Crippen LogP contribution in [0.5, 0.6) is 17.4 Å². The van der Waals surface area contributed by atoms with Gasteiger partial charge < -0.3 is 19.3 Å². The predicted octanol–water partition coefficient (Wildman–Crippen LogP) is 2.40. The summed E-state index contributed by atoms with van der Waals surface area (Å²) in [7, 11) is 0. The third kappa shape index (κ3) is 2.60. The highest BCUT2D eigenvalue weighted by Crippen LogP contribution is 2.32. The fourth-order valence-electron chi connectivity index (χ4n) is 2.09. The van der Waals surface area contributed by atoms with Crippen molar-refractivity contribution in [1.29, 1.82) is 0 Å². The van der Waals surface area contributed by atoms with Crippen LogP contribution in [-0.4, -0.2) is 22.9 Å². The minimum atomic E-state index is -1.05. The van der Waals surface area contributed by atoms with Gasteiger partial charge in [-0.2, -0.15) is 0 Å². The van der Waals surface area contributed by atoms with Crippen molar-refractivity contribution in [3.05, 3.63) is 47.2 Å². The van der Waals surface area contributed by atoms with E-state index in [0.717, 1.165) is 5.56 Å². The van der Waals surface area contributed by atoms with Gasteiger partial charge in [0.1, 0.15) is 12.2 Å². The van der Waals surface area contributed by atoms with Gasteiger partial charge in [0.25, 0.3) is 0 Å². The van der Waals surface area contributed by atoms with E-state index < -0.39 is 5.97 Å². The molecule has 0 aliphatic carbocycles. The molecule has 3 rings (SSSR count). The summed E-state index contributed by atoms with van der Waals surface area (Å²) in [6.07, 6.45) is 1.52. The summed E-state index contributed by atoms with van der Waals surface area (Å²) in [5.74, 6) is 0.409. The average molecular weight is 287 g/mol. The Morgan fingerprint density at radius 1 is 1.33 bits per heavy atom. The molecule has 2 aromatic rings. The van der Waals surface area contributed by atoms with Crippen molar-refractivity contribution in [2.45, 2.75) is 13.5 Å². The maximum absolute atomic E-state index is 11.3. The molecule has 0 bridgehead atoms. The molecular formula is C15H13NO5. The van der Waals surface area contributed by atoms with Gasteiger partial charge in [-0.15, -0.1) is 0 Å². The number of aromatic nitrogens is 1. The Bertz CT molecular complexity index is 698. The molecule has 1 aromatic carbocycles. The first-order chi connectivity index (χ1) is 10.1. The van der Waals surface area contributed by atoms with Crippen molar-refractivity contribution in [3.63, 3.8) is 0 Å². The quantitative estimate of drug-likeness (QED) is 0.930. The molecule has 1 aromatic heterocycles. The van der Waals surface area contributed by atoms with Crippen LogP contribution in [0.4, 0.5) is 0 Å². The van der Waals surface area contributed by atoms with Gasteiger partial charge in [-0.05, 0) is 36.2 Å². The van der Waals surface area contributed by atoms with E-state index in [9.17, 15) is 9.90 Å². The molecule has 0 unspecified atom stereocenters. The lowest BCUT2D eigenvalue weighted by Gasteiger charge is -2.10. The summed E-state index contributed by atoms with van der Waals surface area (Å²) >= 11 is 0. The molecular weight excluding hydrogens is 274 g/mol. The monoisotopic (exact) mass is 287 g/mol. The van der Waals surface area contributed by atoms with Gasteiger partial charge in [0.05, 0.1) is 0 Å². The number of carboxylic acid groups (broad SMARTS) is 1. The van der Waals surface area contributed by atoms with Crippen molar-refractivity contribution >= 4 is 5.97 Å². The summed E-state index contributed by atoms with van der Waals surface area (Å²) < 4.78 is 16.1. The lowest BCUT2D eigenvalue weighted by molar-refractivity contribution is 0.0689. The van der Waals surface area contributed by atoms with Crippen molar-refractivity contribution in [2.75, 3.05) is 6.79 Å². The van der Waals surface area contributed by atoms with E-state index >= 15 is 0 Å². The first-order valence-electron chi connectivity index (χ1n) is 6.35. The van der Waals surface area contributed by atoms with Gasteiger partial charge in [-0.25, -0.2) is 9.78 Å². The second-order valence-electron chi connectivity index (χ2n) is 4.59. The molecule has 0 saturated heterocycles. The molecule has 1 aliphatic heterocycles. The zero-order chi connectivity index (χ0) is 14.8. The summed E-state index contributed by atoms with van der Waals surface area (Å²) in [4.78, 5) is 15.2. The number of carboxylic acids is 1. The molecule has 0 spiro atoms.